The highest BCUT2D eigenvalue weighted by atomic mass is 15.3. The molecule has 0 bridgehead atoms. The van der Waals surface area contributed by atoms with Gasteiger partial charge in [-0.05, 0) is 26.3 Å². The topological polar surface area (TPSA) is 94.7 Å². The van der Waals surface area contributed by atoms with Crippen molar-refractivity contribution in [3.63, 3.8) is 0 Å². The summed E-state index contributed by atoms with van der Waals surface area (Å²) in [6.07, 6.45) is 8.36. The van der Waals surface area contributed by atoms with Crippen LogP contribution in [0.25, 0.3) is 0 Å². The molecule has 1 saturated heterocycles. The summed E-state index contributed by atoms with van der Waals surface area (Å²) in [5.74, 6) is 1.39. The number of hydrogen-bond donors (Lipinski definition) is 2. The molecule has 1 fully saturated rings. The molecule has 0 spiro atoms. The van der Waals surface area contributed by atoms with E-state index in [0.29, 0.717) is 18.4 Å². The number of likely N-dealkylation sites (tertiary alicyclic amines) is 1. The Labute approximate surface area is 147 Å². The molecule has 1 atom stereocenters. The quantitative estimate of drug-likeness (QED) is 0.796. The smallest absolute Gasteiger partial charge is 0.229 e. The second-order valence-electron chi connectivity index (χ2n) is 6.37. The van der Waals surface area contributed by atoms with Gasteiger partial charge in [-0.2, -0.15) is 15.3 Å². The third-order valence-corrected chi connectivity index (χ3v) is 4.45. The van der Waals surface area contributed by atoms with E-state index in [1.807, 2.05) is 26.4 Å². The highest BCUT2D eigenvalue weighted by Crippen LogP contribution is 2.20. The van der Waals surface area contributed by atoms with Crippen molar-refractivity contribution in [2.24, 2.45) is 7.05 Å². The Bertz CT molecular complexity index is 747. The van der Waals surface area contributed by atoms with Crippen LogP contribution in [-0.4, -0.2) is 50.3 Å². The highest BCUT2D eigenvalue weighted by molar-refractivity contribution is 5.54. The minimum atomic E-state index is 0.456. The van der Waals surface area contributed by atoms with Gasteiger partial charge in [0, 0.05) is 50.6 Å². The van der Waals surface area contributed by atoms with Gasteiger partial charge in [-0.25, -0.2) is 4.98 Å². The fraction of sp³-hybridized carbons (Fsp3) is 0.529. The molecule has 1 aliphatic heterocycles. The van der Waals surface area contributed by atoms with Crippen molar-refractivity contribution in [3.05, 3.63) is 24.2 Å². The van der Waals surface area contributed by atoms with E-state index in [2.05, 4.69) is 36.7 Å². The first kappa shape index (κ1) is 17.2. The van der Waals surface area contributed by atoms with Crippen LogP contribution < -0.4 is 10.6 Å². The summed E-state index contributed by atoms with van der Waals surface area (Å²) in [6, 6.07) is 2.69. The van der Waals surface area contributed by atoms with E-state index in [1.165, 1.54) is 6.42 Å². The zero-order chi connectivity index (χ0) is 17.6. The Morgan fingerprint density at radius 2 is 2.28 bits per heavy atom. The van der Waals surface area contributed by atoms with Gasteiger partial charge in [-0.1, -0.05) is 0 Å². The Balaban J connectivity index is 1.62. The Morgan fingerprint density at radius 3 is 3.04 bits per heavy atom. The van der Waals surface area contributed by atoms with Gasteiger partial charge in [0.25, 0.3) is 0 Å². The molecule has 2 N–H and O–H groups in total. The SMILES string of the molecule is Cc1cnc(Nc2cnn(C)c2)nc1NC[C@H]1CCCN1CCC#N. The summed E-state index contributed by atoms with van der Waals surface area (Å²) in [7, 11) is 1.87. The average Bonchev–Trinajstić information content (AvgIpc) is 3.22. The molecule has 0 aliphatic carbocycles. The summed E-state index contributed by atoms with van der Waals surface area (Å²) >= 11 is 0. The molecule has 1 aliphatic rings. The Hall–Kier alpha value is -2.66. The average molecular weight is 340 g/mol. The summed E-state index contributed by atoms with van der Waals surface area (Å²) in [6.45, 7) is 4.75. The van der Waals surface area contributed by atoms with E-state index < -0.39 is 0 Å². The van der Waals surface area contributed by atoms with Crippen LogP contribution in [0, 0.1) is 18.3 Å². The van der Waals surface area contributed by atoms with Gasteiger partial charge >= 0.3 is 0 Å². The second-order valence-corrected chi connectivity index (χ2v) is 6.37. The van der Waals surface area contributed by atoms with E-state index in [4.69, 9.17) is 5.26 Å². The maximum Gasteiger partial charge on any atom is 0.229 e. The van der Waals surface area contributed by atoms with Crippen molar-refractivity contribution < 1.29 is 0 Å². The van der Waals surface area contributed by atoms with Gasteiger partial charge in [-0.3, -0.25) is 9.58 Å². The van der Waals surface area contributed by atoms with Crippen LogP contribution in [0.15, 0.2) is 18.6 Å². The number of nitriles is 1. The van der Waals surface area contributed by atoms with Gasteiger partial charge in [0.1, 0.15) is 5.82 Å². The maximum atomic E-state index is 8.79. The van der Waals surface area contributed by atoms with Crippen molar-refractivity contribution in [1.29, 1.82) is 5.26 Å². The number of rotatable bonds is 7. The first-order valence-corrected chi connectivity index (χ1v) is 8.60. The van der Waals surface area contributed by atoms with Crippen LogP contribution in [0.4, 0.5) is 17.5 Å². The number of aryl methyl sites for hydroxylation is 2. The molecule has 3 rings (SSSR count). The van der Waals surface area contributed by atoms with Gasteiger partial charge in [0.15, 0.2) is 0 Å². The zero-order valence-electron chi connectivity index (χ0n) is 14.7. The number of hydrogen-bond acceptors (Lipinski definition) is 7. The fourth-order valence-corrected chi connectivity index (χ4v) is 3.12. The van der Waals surface area contributed by atoms with E-state index in [9.17, 15) is 0 Å². The minimum Gasteiger partial charge on any atom is -0.368 e. The van der Waals surface area contributed by atoms with Crippen molar-refractivity contribution in [2.75, 3.05) is 30.3 Å². The molecule has 8 heteroatoms. The summed E-state index contributed by atoms with van der Waals surface area (Å²) in [5.41, 5.74) is 1.87. The molecular weight excluding hydrogens is 316 g/mol. The predicted octanol–water partition coefficient (Wildman–Crippen LogP) is 2.05. The van der Waals surface area contributed by atoms with Crippen LogP contribution in [-0.2, 0) is 7.05 Å². The maximum absolute atomic E-state index is 8.79. The standard InChI is InChI=1S/C17H24N8/c1-13-9-20-17(22-14-10-21-24(2)12-14)23-16(13)19-11-15-5-3-7-25(15)8-4-6-18/h9-10,12,15H,3-5,7-8,11H2,1-2H3,(H2,19,20,22,23)/t15-/m1/s1. The molecule has 0 aromatic carbocycles. The molecule has 25 heavy (non-hydrogen) atoms. The van der Waals surface area contributed by atoms with Crippen LogP contribution in [0.5, 0.6) is 0 Å². The summed E-state index contributed by atoms with van der Waals surface area (Å²) < 4.78 is 1.73. The van der Waals surface area contributed by atoms with Crippen molar-refractivity contribution >= 4 is 17.5 Å². The normalized spacial score (nSPS) is 17.4. The molecule has 0 unspecified atom stereocenters. The van der Waals surface area contributed by atoms with Gasteiger partial charge < -0.3 is 10.6 Å². The first-order valence-electron chi connectivity index (χ1n) is 8.60. The lowest BCUT2D eigenvalue weighted by Crippen LogP contribution is -2.35. The largest absolute Gasteiger partial charge is 0.368 e. The Kier molecular flexibility index (Phi) is 5.46. The lowest BCUT2D eigenvalue weighted by Gasteiger charge is -2.24. The highest BCUT2D eigenvalue weighted by Gasteiger charge is 2.23. The van der Waals surface area contributed by atoms with Crippen LogP contribution in [0.2, 0.25) is 0 Å². The number of anilines is 3. The predicted molar refractivity (Wildman–Crippen MR) is 96.6 cm³/mol. The second kappa shape index (κ2) is 7.94. The first-order chi connectivity index (χ1) is 12.2. The lowest BCUT2D eigenvalue weighted by molar-refractivity contribution is 0.268. The molecule has 8 nitrogen and oxygen atoms in total. The van der Waals surface area contributed by atoms with Crippen molar-refractivity contribution in [3.8, 4) is 6.07 Å². The fourth-order valence-electron chi connectivity index (χ4n) is 3.12. The number of nitrogens with one attached hydrogen (secondary N) is 2. The van der Waals surface area contributed by atoms with Gasteiger partial charge in [0.05, 0.1) is 18.0 Å². The van der Waals surface area contributed by atoms with Crippen LogP contribution in [0.3, 0.4) is 0 Å². The molecule has 132 valence electrons. The molecule has 2 aromatic rings. The van der Waals surface area contributed by atoms with E-state index in [-0.39, 0.29) is 0 Å². The summed E-state index contributed by atoms with van der Waals surface area (Å²) in [4.78, 5) is 11.3. The molecular formula is C17H24N8. The van der Waals surface area contributed by atoms with E-state index in [1.54, 1.807) is 10.9 Å². The monoisotopic (exact) mass is 340 g/mol. The lowest BCUT2D eigenvalue weighted by atomic mass is 10.2. The molecule has 0 saturated carbocycles. The number of aromatic nitrogens is 4. The molecule has 3 heterocycles. The van der Waals surface area contributed by atoms with Crippen molar-refractivity contribution in [1.82, 2.24) is 24.6 Å². The summed E-state index contributed by atoms with van der Waals surface area (Å²) in [5, 5.41) is 19.5. The van der Waals surface area contributed by atoms with Gasteiger partial charge in [-0.15, -0.1) is 0 Å². The molecule has 2 aromatic heterocycles. The molecule has 0 amide bonds. The minimum absolute atomic E-state index is 0.456. The van der Waals surface area contributed by atoms with Crippen LogP contribution in [0.1, 0.15) is 24.8 Å². The Morgan fingerprint density at radius 1 is 1.40 bits per heavy atom. The number of nitrogens with zero attached hydrogens (tertiary/aromatic N) is 6. The van der Waals surface area contributed by atoms with Crippen molar-refractivity contribution in [2.45, 2.75) is 32.2 Å². The van der Waals surface area contributed by atoms with Crippen LogP contribution >= 0.6 is 0 Å². The zero-order valence-corrected chi connectivity index (χ0v) is 14.7. The third-order valence-electron chi connectivity index (χ3n) is 4.45. The van der Waals surface area contributed by atoms with E-state index in [0.717, 1.165) is 43.1 Å². The third kappa shape index (κ3) is 4.45. The van der Waals surface area contributed by atoms with E-state index >= 15 is 0 Å². The molecule has 0 radical (unpaired) electrons. The van der Waals surface area contributed by atoms with Gasteiger partial charge in [0.2, 0.25) is 5.95 Å².